The molecule has 0 fully saturated rings. The molecule has 1 aromatic rings. The predicted octanol–water partition coefficient (Wildman–Crippen LogP) is 2.69. The van der Waals surface area contributed by atoms with E-state index in [1.807, 2.05) is 0 Å². The molecule has 0 aliphatic heterocycles. The van der Waals surface area contributed by atoms with Crippen molar-refractivity contribution < 1.29 is 24.6 Å². The van der Waals surface area contributed by atoms with Crippen LogP contribution in [0.15, 0.2) is 18.7 Å². The molecule has 140 valence electrons. The first-order chi connectivity index (χ1) is 11.2. The van der Waals surface area contributed by atoms with Gasteiger partial charge in [0.05, 0.1) is 0 Å². The molecule has 0 aliphatic carbocycles. The Balaban J connectivity index is 3.66. The fourth-order valence-corrected chi connectivity index (χ4v) is 3.14. The zero-order chi connectivity index (χ0) is 19.6. The van der Waals surface area contributed by atoms with Gasteiger partial charge in [0.2, 0.25) is 0 Å². The Bertz CT molecular complexity index is 640. The highest BCUT2D eigenvalue weighted by molar-refractivity contribution is 5.89. The molecule has 1 amide bonds. The first-order valence-electron chi connectivity index (χ1n) is 8.03. The lowest BCUT2D eigenvalue weighted by molar-refractivity contribution is -0.164. The number of carboxylic acid groups (broad SMARTS) is 2. The molecule has 0 bridgehead atoms. The van der Waals surface area contributed by atoms with Crippen LogP contribution in [0.2, 0.25) is 0 Å². The molecule has 1 rings (SSSR count). The Labute approximate surface area is 147 Å². The van der Waals surface area contributed by atoms with E-state index in [4.69, 9.17) is 5.11 Å². The third-order valence-electron chi connectivity index (χ3n) is 4.26. The van der Waals surface area contributed by atoms with Crippen molar-refractivity contribution in [3.63, 3.8) is 0 Å². The highest BCUT2D eigenvalue weighted by Gasteiger charge is 2.58. The summed E-state index contributed by atoms with van der Waals surface area (Å²) in [5.41, 5.74) is -3.51. The van der Waals surface area contributed by atoms with Gasteiger partial charge in [0.15, 0.2) is 0 Å². The maximum atomic E-state index is 13.1. The average Bonchev–Trinajstić information content (AvgIpc) is 2.93. The molecule has 0 aliphatic rings. The summed E-state index contributed by atoms with van der Waals surface area (Å²) < 4.78 is 1.20. The second-order valence-corrected chi connectivity index (χ2v) is 8.07. The van der Waals surface area contributed by atoms with Crippen LogP contribution in [-0.2, 0) is 9.59 Å². The van der Waals surface area contributed by atoms with E-state index in [1.54, 1.807) is 41.5 Å². The zero-order valence-electron chi connectivity index (χ0n) is 15.6. The normalized spacial score (nSPS) is 14.6. The number of amides is 1. The minimum absolute atomic E-state index is 0.209. The van der Waals surface area contributed by atoms with Gasteiger partial charge in [-0.2, -0.15) is 0 Å². The number of imidazole rings is 1. The Morgan fingerprint density at radius 1 is 1.08 bits per heavy atom. The summed E-state index contributed by atoms with van der Waals surface area (Å²) in [5.74, 6) is -2.34. The maximum absolute atomic E-state index is 13.1. The molecule has 1 aromatic heterocycles. The minimum Gasteiger partial charge on any atom is -0.481 e. The predicted molar refractivity (Wildman–Crippen MR) is 91.3 cm³/mol. The van der Waals surface area contributed by atoms with E-state index in [9.17, 15) is 19.5 Å². The Hall–Kier alpha value is -2.38. The van der Waals surface area contributed by atoms with Gasteiger partial charge in [0, 0.05) is 24.4 Å². The average molecular weight is 353 g/mol. The molecule has 0 radical (unpaired) electrons. The summed E-state index contributed by atoms with van der Waals surface area (Å²) >= 11 is 0. The number of hydrogen-bond donors (Lipinski definition) is 2. The second-order valence-electron chi connectivity index (χ2n) is 8.07. The SMILES string of the molecule is CC(C)(C)N(C(=O)n1ccnc1)[C@](CCC(=O)O)(C(=O)O)C(C)(C)C. The standard InChI is InChI=1S/C17H27N3O5/c1-15(2,3)17(13(23)24,8-7-12(21)22)20(16(4,5)6)14(25)19-10-9-18-11-19/h9-11H,7-8H2,1-6H3,(H,21,22)(H,23,24)/t17-/m1/s1. The van der Waals surface area contributed by atoms with Gasteiger partial charge >= 0.3 is 18.0 Å². The number of nitrogens with zero attached hydrogens (tertiary/aromatic N) is 3. The van der Waals surface area contributed by atoms with Crippen LogP contribution < -0.4 is 0 Å². The molecule has 0 aromatic carbocycles. The minimum atomic E-state index is -1.72. The van der Waals surface area contributed by atoms with Crippen molar-refractivity contribution in [2.24, 2.45) is 5.41 Å². The van der Waals surface area contributed by atoms with Gasteiger partial charge in [0.1, 0.15) is 11.9 Å². The monoisotopic (exact) mass is 353 g/mol. The molecule has 8 heteroatoms. The third kappa shape index (κ3) is 4.00. The lowest BCUT2D eigenvalue weighted by Crippen LogP contribution is -2.69. The van der Waals surface area contributed by atoms with Crippen LogP contribution in [0.1, 0.15) is 54.4 Å². The fraction of sp³-hybridized carbons (Fsp3) is 0.647. The molecule has 0 saturated heterocycles. The van der Waals surface area contributed by atoms with Crippen molar-refractivity contribution in [3.8, 4) is 0 Å². The fourth-order valence-electron chi connectivity index (χ4n) is 3.14. The summed E-state index contributed by atoms with van der Waals surface area (Å²) in [6.07, 6.45) is 3.59. The second kappa shape index (κ2) is 6.85. The highest BCUT2D eigenvalue weighted by atomic mass is 16.4. The number of carboxylic acids is 2. The molecule has 0 spiro atoms. The maximum Gasteiger partial charge on any atom is 0.330 e. The molecular weight excluding hydrogens is 326 g/mol. The van der Waals surface area contributed by atoms with Gasteiger partial charge in [-0.25, -0.2) is 14.6 Å². The van der Waals surface area contributed by atoms with Crippen LogP contribution >= 0.6 is 0 Å². The van der Waals surface area contributed by atoms with Crippen LogP contribution in [0.4, 0.5) is 4.79 Å². The first kappa shape index (κ1) is 20.7. The molecule has 25 heavy (non-hydrogen) atoms. The Morgan fingerprint density at radius 3 is 1.96 bits per heavy atom. The van der Waals surface area contributed by atoms with E-state index in [0.29, 0.717) is 0 Å². The number of hydrogen-bond acceptors (Lipinski definition) is 4. The summed E-state index contributed by atoms with van der Waals surface area (Å²) in [5, 5.41) is 19.3. The summed E-state index contributed by atoms with van der Waals surface area (Å²) in [4.78, 5) is 41.8. The summed E-state index contributed by atoms with van der Waals surface area (Å²) in [6, 6.07) is -0.562. The number of rotatable bonds is 5. The van der Waals surface area contributed by atoms with Crippen molar-refractivity contribution in [2.45, 2.75) is 65.5 Å². The van der Waals surface area contributed by atoms with Crippen molar-refractivity contribution in [1.29, 1.82) is 0 Å². The molecule has 2 N–H and O–H groups in total. The van der Waals surface area contributed by atoms with Gasteiger partial charge in [-0.1, -0.05) is 20.8 Å². The van der Waals surface area contributed by atoms with Crippen molar-refractivity contribution in [2.75, 3.05) is 0 Å². The van der Waals surface area contributed by atoms with Gasteiger partial charge in [-0.3, -0.25) is 9.36 Å². The Kier molecular flexibility index (Phi) is 5.67. The number of aromatic nitrogens is 2. The van der Waals surface area contributed by atoms with Crippen molar-refractivity contribution in [1.82, 2.24) is 14.5 Å². The zero-order valence-corrected chi connectivity index (χ0v) is 15.6. The third-order valence-corrected chi connectivity index (χ3v) is 4.26. The topological polar surface area (TPSA) is 113 Å². The van der Waals surface area contributed by atoms with E-state index < -0.39 is 34.5 Å². The van der Waals surface area contributed by atoms with E-state index >= 15 is 0 Å². The van der Waals surface area contributed by atoms with Gasteiger partial charge in [0.25, 0.3) is 0 Å². The van der Waals surface area contributed by atoms with E-state index in [0.717, 1.165) is 0 Å². The van der Waals surface area contributed by atoms with Crippen molar-refractivity contribution >= 4 is 18.0 Å². The van der Waals surface area contributed by atoms with Gasteiger partial charge < -0.3 is 15.1 Å². The van der Waals surface area contributed by atoms with Gasteiger partial charge in [-0.05, 0) is 32.6 Å². The number of aliphatic carboxylic acids is 2. The van der Waals surface area contributed by atoms with Crippen LogP contribution in [0.3, 0.4) is 0 Å². The smallest absolute Gasteiger partial charge is 0.330 e. The number of carbonyl (C=O) groups excluding carboxylic acids is 1. The summed E-state index contributed by atoms with van der Waals surface area (Å²) in [6.45, 7) is 10.3. The van der Waals surface area contributed by atoms with Crippen molar-refractivity contribution in [3.05, 3.63) is 18.7 Å². The van der Waals surface area contributed by atoms with E-state index in [-0.39, 0.29) is 12.8 Å². The Morgan fingerprint density at radius 2 is 1.64 bits per heavy atom. The molecule has 8 nitrogen and oxygen atoms in total. The molecule has 0 saturated carbocycles. The quantitative estimate of drug-likeness (QED) is 0.841. The molecular formula is C17H27N3O5. The van der Waals surface area contributed by atoms with Crippen LogP contribution in [0.5, 0.6) is 0 Å². The first-order valence-corrected chi connectivity index (χ1v) is 8.03. The number of carbonyl (C=O) groups is 3. The lowest BCUT2D eigenvalue weighted by atomic mass is 9.68. The van der Waals surface area contributed by atoms with Crippen LogP contribution in [0, 0.1) is 5.41 Å². The van der Waals surface area contributed by atoms with Crippen LogP contribution in [0.25, 0.3) is 0 Å². The molecule has 0 unspecified atom stereocenters. The largest absolute Gasteiger partial charge is 0.481 e. The highest BCUT2D eigenvalue weighted by Crippen LogP contribution is 2.44. The van der Waals surface area contributed by atoms with Crippen LogP contribution in [-0.4, -0.2) is 53.7 Å². The van der Waals surface area contributed by atoms with Gasteiger partial charge in [-0.15, -0.1) is 0 Å². The molecule has 1 heterocycles. The van der Waals surface area contributed by atoms with E-state index in [2.05, 4.69) is 4.98 Å². The summed E-state index contributed by atoms with van der Waals surface area (Å²) in [7, 11) is 0. The lowest BCUT2D eigenvalue weighted by Gasteiger charge is -2.53. The molecule has 1 atom stereocenters. The van der Waals surface area contributed by atoms with E-state index in [1.165, 1.54) is 28.2 Å².